The minimum atomic E-state index is -0.395. The first-order valence-electron chi connectivity index (χ1n) is 10.9. The molecule has 2 amide bonds. The number of amides is 2. The number of aromatic nitrogens is 2. The first kappa shape index (κ1) is 22.9. The number of hydrogen-bond acceptors (Lipinski definition) is 7. The summed E-state index contributed by atoms with van der Waals surface area (Å²) in [6.07, 6.45) is 2.09. The quantitative estimate of drug-likeness (QED) is 0.575. The predicted molar refractivity (Wildman–Crippen MR) is 127 cm³/mol. The molecule has 3 heterocycles. The van der Waals surface area contributed by atoms with Gasteiger partial charge in [-0.25, -0.2) is 0 Å². The molecule has 10 nitrogen and oxygen atoms in total. The van der Waals surface area contributed by atoms with Gasteiger partial charge >= 0.3 is 0 Å². The number of fused-ring (bicyclic) bond motifs is 2. The standard InChI is InChI=1S/C24H23ClN4O6/c1-28-21-15(27-23(30)20-14(25)5-7-18-22(20)35-12-34-18)8-9-29(16(21)11-26-28)24(31)13-4-6-17(32-2)19(10-13)33-3/h4-7,10-11,15H,8-9,12H2,1-3H3,(H,27,30). The molecule has 2 aliphatic rings. The maximum absolute atomic E-state index is 13.4. The molecule has 35 heavy (non-hydrogen) atoms. The van der Waals surface area contributed by atoms with E-state index in [1.54, 1.807) is 53.2 Å². The van der Waals surface area contributed by atoms with Gasteiger partial charge < -0.3 is 29.2 Å². The van der Waals surface area contributed by atoms with Crippen molar-refractivity contribution < 1.29 is 28.5 Å². The topological polar surface area (TPSA) is 104 Å². The fraction of sp³-hybridized carbons (Fsp3) is 0.292. The number of carbonyl (C=O) groups is 2. The average molecular weight is 499 g/mol. The lowest BCUT2D eigenvalue weighted by Crippen LogP contribution is -2.41. The summed E-state index contributed by atoms with van der Waals surface area (Å²) in [6.45, 7) is 0.398. The van der Waals surface area contributed by atoms with E-state index in [1.807, 2.05) is 0 Å². The monoisotopic (exact) mass is 498 g/mol. The second kappa shape index (κ2) is 9.03. The summed E-state index contributed by atoms with van der Waals surface area (Å²) in [5, 5.41) is 7.64. The maximum atomic E-state index is 13.4. The highest BCUT2D eigenvalue weighted by atomic mass is 35.5. The van der Waals surface area contributed by atoms with E-state index in [0.717, 1.165) is 0 Å². The molecule has 0 saturated carbocycles. The first-order valence-corrected chi connectivity index (χ1v) is 11.3. The minimum Gasteiger partial charge on any atom is -0.493 e. The molecule has 1 atom stereocenters. The SMILES string of the molecule is COc1ccc(C(=O)N2CCC(NC(=O)c3c(Cl)ccc4c3OCO4)c3c2cnn3C)cc1OC. The lowest BCUT2D eigenvalue weighted by Gasteiger charge is -2.32. The Morgan fingerprint density at radius 3 is 2.71 bits per heavy atom. The Kier molecular flexibility index (Phi) is 5.89. The number of ether oxygens (including phenoxy) is 4. The smallest absolute Gasteiger partial charge is 0.258 e. The van der Waals surface area contributed by atoms with E-state index in [4.69, 9.17) is 30.5 Å². The van der Waals surface area contributed by atoms with Crippen LogP contribution in [0.5, 0.6) is 23.0 Å². The number of halogens is 1. The number of rotatable bonds is 5. The van der Waals surface area contributed by atoms with Gasteiger partial charge in [0.05, 0.1) is 42.9 Å². The van der Waals surface area contributed by atoms with Crippen molar-refractivity contribution in [1.82, 2.24) is 15.1 Å². The minimum absolute atomic E-state index is 0.0263. The van der Waals surface area contributed by atoms with Gasteiger partial charge in [-0.3, -0.25) is 14.3 Å². The molecular weight excluding hydrogens is 476 g/mol. The molecule has 0 radical (unpaired) electrons. The third-order valence-electron chi connectivity index (χ3n) is 6.12. The summed E-state index contributed by atoms with van der Waals surface area (Å²) in [4.78, 5) is 28.3. The number of carbonyl (C=O) groups excluding carboxylic acids is 2. The van der Waals surface area contributed by atoms with Crippen LogP contribution in [0.2, 0.25) is 5.02 Å². The van der Waals surface area contributed by atoms with E-state index in [1.165, 1.54) is 14.2 Å². The van der Waals surface area contributed by atoms with Crippen molar-refractivity contribution in [3.05, 3.63) is 58.4 Å². The van der Waals surface area contributed by atoms with Crippen LogP contribution in [-0.2, 0) is 7.05 Å². The van der Waals surface area contributed by atoms with Crippen LogP contribution >= 0.6 is 11.6 Å². The van der Waals surface area contributed by atoms with Crippen LogP contribution in [0.25, 0.3) is 0 Å². The van der Waals surface area contributed by atoms with Crippen LogP contribution in [0.15, 0.2) is 36.5 Å². The third-order valence-corrected chi connectivity index (χ3v) is 6.44. The molecule has 1 aromatic heterocycles. The lowest BCUT2D eigenvalue weighted by atomic mass is 10.0. The van der Waals surface area contributed by atoms with Gasteiger partial charge in [0.25, 0.3) is 11.8 Å². The van der Waals surface area contributed by atoms with Gasteiger partial charge in [-0.1, -0.05) is 11.6 Å². The average Bonchev–Trinajstić information content (AvgIpc) is 3.50. The first-order chi connectivity index (χ1) is 16.9. The fourth-order valence-electron chi connectivity index (χ4n) is 4.43. The number of methoxy groups -OCH3 is 2. The molecule has 0 fully saturated rings. The summed E-state index contributed by atoms with van der Waals surface area (Å²) >= 11 is 6.32. The van der Waals surface area contributed by atoms with Crippen molar-refractivity contribution in [2.75, 3.05) is 32.5 Å². The number of nitrogens with zero attached hydrogens (tertiary/aromatic N) is 3. The highest BCUT2D eigenvalue weighted by Crippen LogP contribution is 2.41. The maximum Gasteiger partial charge on any atom is 0.258 e. The summed E-state index contributed by atoms with van der Waals surface area (Å²) in [6, 6.07) is 7.90. The molecule has 11 heteroatoms. The summed E-state index contributed by atoms with van der Waals surface area (Å²) in [7, 11) is 4.83. The highest BCUT2D eigenvalue weighted by molar-refractivity contribution is 6.34. The molecule has 2 aromatic carbocycles. The van der Waals surface area contributed by atoms with Crippen LogP contribution in [0.4, 0.5) is 5.69 Å². The van der Waals surface area contributed by atoms with Crippen molar-refractivity contribution in [3.63, 3.8) is 0 Å². The Hall–Kier alpha value is -3.92. The van der Waals surface area contributed by atoms with Gasteiger partial charge in [0.15, 0.2) is 23.0 Å². The summed E-state index contributed by atoms with van der Waals surface area (Å²) < 4.78 is 23.1. The number of anilines is 1. The molecule has 1 unspecified atom stereocenters. The number of nitrogens with one attached hydrogen (secondary N) is 1. The van der Waals surface area contributed by atoms with Gasteiger partial charge in [-0.15, -0.1) is 0 Å². The van der Waals surface area contributed by atoms with Crippen LogP contribution in [0.3, 0.4) is 0 Å². The van der Waals surface area contributed by atoms with Crippen LogP contribution in [-0.4, -0.2) is 49.2 Å². The molecule has 0 spiro atoms. The second-order valence-corrected chi connectivity index (χ2v) is 8.44. The molecule has 2 aliphatic heterocycles. The molecule has 1 N–H and O–H groups in total. The van der Waals surface area contributed by atoms with Crippen LogP contribution < -0.4 is 29.2 Å². The van der Waals surface area contributed by atoms with E-state index >= 15 is 0 Å². The van der Waals surface area contributed by atoms with Gasteiger partial charge in [-0.2, -0.15) is 5.10 Å². The van der Waals surface area contributed by atoms with Crippen molar-refractivity contribution in [2.45, 2.75) is 12.5 Å². The van der Waals surface area contributed by atoms with Gasteiger partial charge in [0.2, 0.25) is 6.79 Å². The summed E-state index contributed by atoms with van der Waals surface area (Å²) in [5.41, 5.74) is 1.99. The number of hydrogen-bond donors (Lipinski definition) is 1. The molecule has 0 saturated heterocycles. The number of benzene rings is 2. The van der Waals surface area contributed by atoms with E-state index in [2.05, 4.69) is 10.4 Å². The second-order valence-electron chi connectivity index (χ2n) is 8.04. The predicted octanol–water partition coefficient (Wildman–Crippen LogP) is 3.34. The highest BCUT2D eigenvalue weighted by Gasteiger charge is 2.35. The molecule has 5 rings (SSSR count). The normalized spacial score (nSPS) is 16.0. The van der Waals surface area contributed by atoms with E-state index in [-0.39, 0.29) is 23.3 Å². The van der Waals surface area contributed by atoms with Crippen molar-refractivity contribution in [3.8, 4) is 23.0 Å². The summed E-state index contributed by atoms with van der Waals surface area (Å²) in [5.74, 6) is 1.18. The van der Waals surface area contributed by atoms with Gasteiger partial charge in [0, 0.05) is 19.2 Å². The Bertz CT molecular complexity index is 1320. The number of aryl methyl sites for hydroxylation is 1. The Morgan fingerprint density at radius 2 is 1.94 bits per heavy atom. The molecule has 3 aromatic rings. The zero-order valence-corrected chi connectivity index (χ0v) is 20.1. The van der Waals surface area contributed by atoms with Crippen LogP contribution in [0.1, 0.15) is 38.9 Å². The molecular formula is C24H23ClN4O6. The Labute approximate surface area is 206 Å². The van der Waals surface area contributed by atoms with E-state index < -0.39 is 11.9 Å². The molecule has 182 valence electrons. The molecule has 0 aliphatic carbocycles. The van der Waals surface area contributed by atoms with Crippen molar-refractivity contribution in [1.29, 1.82) is 0 Å². The zero-order chi connectivity index (χ0) is 24.7. The third kappa shape index (κ3) is 3.89. The molecule has 0 bridgehead atoms. The van der Waals surface area contributed by atoms with Gasteiger partial charge in [-0.05, 0) is 36.8 Å². The van der Waals surface area contributed by atoms with E-state index in [9.17, 15) is 9.59 Å². The lowest BCUT2D eigenvalue weighted by molar-refractivity contribution is 0.0927. The fourth-order valence-corrected chi connectivity index (χ4v) is 4.66. The Balaban J connectivity index is 1.42. The zero-order valence-electron chi connectivity index (χ0n) is 19.3. The van der Waals surface area contributed by atoms with Crippen molar-refractivity contribution in [2.24, 2.45) is 7.05 Å². The Morgan fingerprint density at radius 1 is 1.14 bits per heavy atom. The van der Waals surface area contributed by atoms with E-state index in [0.29, 0.717) is 52.9 Å². The van der Waals surface area contributed by atoms with Crippen molar-refractivity contribution >= 4 is 29.1 Å². The van der Waals surface area contributed by atoms with Gasteiger partial charge in [0.1, 0.15) is 5.56 Å². The largest absolute Gasteiger partial charge is 0.493 e. The van der Waals surface area contributed by atoms with Crippen LogP contribution in [0, 0.1) is 0 Å².